The Morgan fingerprint density at radius 2 is 1.96 bits per heavy atom. The predicted octanol–water partition coefficient (Wildman–Crippen LogP) is 2.30. The van der Waals surface area contributed by atoms with Crippen LogP contribution in [-0.2, 0) is 11.0 Å². The Balaban J connectivity index is 2.11. The molecule has 0 spiro atoms. The third-order valence-corrected chi connectivity index (χ3v) is 3.73. The van der Waals surface area contributed by atoms with Crippen LogP contribution in [0.25, 0.3) is 0 Å². The van der Waals surface area contributed by atoms with E-state index >= 15 is 0 Å². The molecule has 23 heavy (non-hydrogen) atoms. The Labute approximate surface area is 131 Å². The average Bonchev–Trinajstić information content (AvgIpc) is 2.91. The van der Waals surface area contributed by atoms with Crippen LogP contribution in [0.4, 0.5) is 18.0 Å². The van der Waals surface area contributed by atoms with Crippen molar-refractivity contribution < 1.29 is 22.8 Å². The number of nitrogens with one attached hydrogen (secondary N) is 2. The summed E-state index contributed by atoms with van der Waals surface area (Å²) in [5.41, 5.74) is -0.677. The summed E-state index contributed by atoms with van der Waals surface area (Å²) < 4.78 is 39.1. The summed E-state index contributed by atoms with van der Waals surface area (Å²) >= 11 is 0. The number of carbonyl (C=O) groups excluding carboxylic acids is 2. The third kappa shape index (κ3) is 3.82. The lowest BCUT2D eigenvalue weighted by Gasteiger charge is -2.24. The van der Waals surface area contributed by atoms with Crippen LogP contribution in [0, 0.1) is 0 Å². The normalized spacial score (nSPS) is 17.8. The number of nitrogens with zero attached hydrogens (tertiary/aromatic N) is 1. The van der Waals surface area contributed by atoms with Gasteiger partial charge in [-0.05, 0) is 25.5 Å². The maximum atomic E-state index is 13.0. The van der Waals surface area contributed by atoms with Gasteiger partial charge < -0.3 is 5.32 Å². The number of alkyl halides is 3. The van der Waals surface area contributed by atoms with Crippen LogP contribution in [0.3, 0.4) is 0 Å². The number of hydrogen-bond donors (Lipinski definition) is 2. The molecule has 1 aliphatic rings. The van der Waals surface area contributed by atoms with Crippen LogP contribution in [0.1, 0.15) is 31.0 Å². The van der Waals surface area contributed by atoms with Gasteiger partial charge in [-0.15, -0.1) is 0 Å². The number of amides is 3. The molecule has 3 amide bonds. The van der Waals surface area contributed by atoms with Gasteiger partial charge in [0.1, 0.15) is 0 Å². The van der Waals surface area contributed by atoms with Gasteiger partial charge in [0.15, 0.2) is 0 Å². The lowest BCUT2D eigenvalue weighted by molar-refractivity contribution is -0.138. The van der Waals surface area contributed by atoms with E-state index in [2.05, 4.69) is 10.6 Å². The van der Waals surface area contributed by atoms with E-state index in [1.165, 1.54) is 25.1 Å². The molecule has 1 aromatic carbocycles. The van der Waals surface area contributed by atoms with Crippen molar-refractivity contribution in [3.63, 3.8) is 0 Å². The van der Waals surface area contributed by atoms with Gasteiger partial charge in [0.25, 0.3) is 0 Å². The molecular formula is C15H18F3N3O2. The van der Waals surface area contributed by atoms with Crippen molar-refractivity contribution in [1.29, 1.82) is 0 Å². The lowest BCUT2D eigenvalue weighted by Crippen LogP contribution is -2.47. The van der Waals surface area contributed by atoms with Crippen LogP contribution in [0.2, 0.25) is 0 Å². The van der Waals surface area contributed by atoms with Crippen molar-refractivity contribution in [1.82, 2.24) is 15.5 Å². The second kappa shape index (κ2) is 6.57. The van der Waals surface area contributed by atoms with Crippen molar-refractivity contribution in [2.24, 2.45) is 0 Å². The number of benzene rings is 1. The van der Waals surface area contributed by atoms with Gasteiger partial charge in [-0.25, -0.2) is 4.79 Å². The minimum atomic E-state index is -4.46. The number of halogens is 3. The molecule has 0 unspecified atom stereocenters. The first-order chi connectivity index (χ1) is 10.7. The molecule has 8 heteroatoms. The zero-order valence-corrected chi connectivity index (χ0v) is 12.8. The van der Waals surface area contributed by atoms with Crippen LogP contribution in [0.5, 0.6) is 0 Å². The summed E-state index contributed by atoms with van der Waals surface area (Å²) in [5.74, 6) is -0.462. The van der Waals surface area contributed by atoms with E-state index in [0.717, 1.165) is 11.0 Å². The molecule has 1 aliphatic heterocycles. The van der Waals surface area contributed by atoms with Gasteiger partial charge in [0.2, 0.25) is 5.91 Å². The van der Waals surface area contributed by atoms with Crippen molar-refractivity contribution in [2.45, 2.75) is 32.1 Å². The summed E-state index contributed by atoms with van der Waals surface area (Å²) in [6, 6.07) is 3.26. The van der Waals surface area contributed by atoms with Crippen molar-refractivity contribution in [3.8, 4) is 0 Å². The van der Waals surface area contributed by atoms with Gasteiger partial charge >= 0.3 is 12.2 Å². The number of hydrogen-bond acceptors (Lipinski definition) is 3. The van der Waals surface area contributed by atoms with Crippen molar-refractivity contribution in [2.75, 3.05) is 13.1 Å². The van der Waals surface area contributed by atoms with E-state index in [1.807, 2.05) is 0 Å². The topological polar surface area (TPSA) is 61.4 Å². The summed E-state index contributed by atoms with van der Waals surface area (Å²) in [4.78, 5) is 24.7. The SMILES string of the molecule is C[C@@H](N[C@H](C)c1ccccc1C(F)(F)F)C(=O)N1CCNC1=O. The van der Waals surface area contributed by atoms with Crippen molar-refractivity contribution in [3.05, 3.63) is 35.4 Å². The molecule has 1 fully saturated rings. The Morgan fingerprint density at radius 3 is 2.52 bits per heavy atom. The highest BCUT2D eigenvalue weighted by Gasteiger charge is 2.35. The molecule has 1 aromatic rings. The maximum absolute atomic E-state index is 13.0. The quantitative estimate of drug-likeness (QED) is 0.891. The first-order valence-electron chi connectivity index (χ1n) is 7.23. The second-order valence-electron chi connectivity index (χ2n) is 5.42. The molecule has 2 atom stereocenters. The van der Waals surface area contributed by atoms with E-state index < -0.39 is 35.8 Å². The third-order valence-electron chi connectivity index (χ3n) is 3.73. The number of carbonyl (C=O) groups is 2. The maximum Gasteiger partial charge on any atom is 0.416 e. The van der Waals surface area contributed by atoms with E-state index in [-0.39, 0.29) is 12.1 Å². The molecule has 126 valence electrons. The predicted molar refractivity (Wildman–Crippen MR) is 77.6 cm³/mol. The van der Waals surface area contributed by atoms with E-state index in [9.17, 15) is 22.8 Å². The van der Waals surface area contributed by atoms with Crippen LogP contribution >= 0.6 is 0 Å². The highest BCUT2D eigenvalue weighted by molar-refractivity contribution is 5.98. The largest absolute Gasteiger partial charge is 0.416 e. The first kappa shape index (κ1) is 17.3. The summed E-state index contributed by atoms with van der Waals surface area (Å²) in [6.45, 7) is 3.72. The minimum Gasteiger partial charge on any atom is -0.336 e. The van der Waals surface area contributed by atoms with Gasteiger partial charge in [-0.2, -0.15) is 13.2 Å². The Kier molecular flexibility index (Phi) is 4.93. The Bertz CT molecular complexity index is 604. The lowest BCUT2D eigenvalue weighted by atomic mass is 10.0. The molecule has 2 N–H and O–H groups in total. The molecule has 1 saturated heterocycles. The molecule has 2 rings (SSSR count). The van der Waals surface area contributed by atoms with E-state index in [4.69, 9.17) is 0 Å². The van der Waals surface area contributed by atoms with Crippen LogP contribution in [0.15, 0.2) is 24.3 Å². The number of imide groups is 1. The molecule has 1 heterocycles. The smallest absolute Gasteiger partial charge is 0.336 e. The fourth-order valence-electron chi connectivity index (χ4n) is 2.58. The molecule has 0 saturated carbocycles. The summed E-state index contributed by atoms with van der Waals surface area (Å²) in [6.07, 6.45) is -4.46. The number of urea groups is 1. The molecule has 0 aromatic heterocycles. The standard InChI is InChI=1S/C15H18F3N3O2/c1-9(11-5-3-4-6-12(11)15(16,17)18)20-10(2)13(22)21-8-7-19-14(21)23/h3-6,9-10,20H,7-8H2,1-2H3,(H,19,23)/t9-,10-/m1/s1. The van der Waals surface area contributed by atoms with Gasteiger partial charge in [-0.1, -0.05) is 18.2 Å². The van der Waals surface area contributed by atoms with Crippen LogP contribution in [-0.4, -0.2) is 36.0 Å². The molecule has 0 bridgehead atoms. The van der Waals surface area contributed by atoms with E-state index in [0.29, 0.717) is 6.54 Å². The second-order valence-corrected chi connectivity index (χ2v) is 5.42. The van der Waals surface area contributed by atoms with Gasteiger partial charge in [-0.3, -0.25) is 15.0 Å². The average molecular weight is 329 g/mol. The van der Waals surface area contributed by atoms with Gasteiger partial charge in [0, 0.05) is 19.1 Å². The summed E-state index contributed by atoms with van der Waals surface area (Å²) in [5, 5.41) is 5.34. The first-order valence-corrected chi connectivity index (χ1v) is 7.23. The zero-order chi connectivity index (χ0) is 17.2. The zero-order valence-electron chi connectivity index (χ0n) is 12.8. The highest BCUT2D eigenvalue weighted by Crippen LogP contribution is 2.34. The van der Waals surface area contributed by atoms with Crippen LogP contribution < -0.4 is 10.6 Å². The Morgan fingerprint density at radius 1 is 1.30 bits per heavy atom. The molecule has 0 aliphatic carbocycles. The van der Waals surface area contributed by atoms with E-state index in [1.54, 1.807) is 6.92 Å². The monoisotopic (exact) mass is 329 g/mol. The highest BCUT2D eigenvalue weighted by atomic mass is 19.4. The molecular weight excluding hydrogens is 311 g/mol. The minimum absolute atomic E-state index is 0.0607. The molecule has 0 radical (unpaired) electrons. The number of rotatable bonds is 4. The Hall–Kier alpha value is -2.09. The van der Waals surface area contributed by atoms with Gasteiger partial charge in [0.05, 0.1) is 11.6 Å². The summed E-state index contributed by atoms with van der Waals surface area (Å²) in [7, 11) is 0. The fraction of sp³-hybridized carbons (Fsp3) is 0.467. The fourth-order valence-corrected chi connectivity index (χ4v) is 2.58. The molecule has 5 nitrogen and oxygen atoms in total. The van der Waals surface area contributed by atoms with Crippen molar-refractivity contribution >= 4 is 11.9 Å².